The molecule has 94 valence electrons. The molecule has 0 saturated carbocycles. The fourth-order valence-corrected chi connectivity index (χ4v) is 1.52. The van der Waals surface area contributed by atoms with Gasteiger partial charge in [0.1, 0.15) is 0 Å². The topological polar surface area (TPSA) is 58.6 Å². The maximum atomic E-state index is 11.3. The summed E-state index contributed by atoms with van der Waals surface area (Å²) < 4.78 is 4.92. The molecule has 0 heterocycles. The zero-order valence-corrected chi connectivity index (χ0v) is 11.0. The molecular formula is C11H13Cl2NO3. The van der Waals surface area contributed by atoms with Crippen LogP contribution in [0.5, 0.6) is 5.75 Å². The lowest BCUT2D eigenvalue weighted by molar-refractivity contribution is 0.147. The predicted octanol–water partition coefficient (Wildman–Crippen LogP) is 3.90. The van der Waals surface area contributed by atoms with Gasteiger partial charge in [-0.2, -0.15) is 0 Å². The van der Waals surface area contributed by atoms with Crippen molar-refractivity contribution in [2.75, 3.05) is 11.9 Å². The maximum absolute atomic E-state index is 11.3. The van der Waals surface area contributed by atoms with Crippen LogP contribution in [0, 0.1) is 5.92 Å². The molecule has 1 amide bonds. The highest BCUT2D eigenvalue weighted by Gasteiger charge is 2.10. The lowest BCUT2D eigenvalue weighted by Crippen LogP contribution is -2.16. The number of carbonyl (C=O) groups excluding carboxylic acids is 1. The van der Waals surface area contributed by atoms with Crippen LogP contribution in [0.15, 0.2) is 12.1 Å². The van der Waals surface area contributed by atoms with Crippen LogP contribution in [-0.2, 0) is 4.74 Å². The molecule has 0 aromatic heterocycles. The minimum absolute atomic E-state index is 0.0664. The fraction of sp³-hybridized carbons (Fsp3) is 0.364. The summed E-state index contributed by atoms with van der Waals surface area (Å²) in [5.74, 6) is 0.0437. The van der Waals surface area contributed by atoms with Crippen LogP contribution >= 0.6 is 23.2 Å². The highest BCUT2D eigenvalue weighted by atomic mass is 35.5. The Hall–Kier alpha value is -1.13. The Morgan fingerprint density at radius 2 is 1.94 bits per heavy atom. The van der Waals surface area contributed by atoms with Gasteiger partial charge in [-0.25, -0.2) is 4.79 Å². The number of halogens is 2. The van der Waals surface area contributed by atoms with Crippen molar-refractivity contribution in [1.82, 2.24) is 0 Å². The van der Waals surface area contributed by atoms with E-state index in [-0.39, 0.29) is 21.7 Å². The quantitative estimate of drug-likeness (QED) is 0.824. The van der Waals surface area contributed by atoms with E-state index in [0.29, 0.717) is 12.3 Å². The molecule has 2 N–H and O–H groups in total. The summed E-state index contributed by atoms with van der Waals surface area (Å²) in [5.41, 5.74) is 0.367. The van der Waals surface area contributed by atoms with Gasteiger partial charge in [-0.15, -0.1) is 0 Å². The van der Waals surface area contributed by atoms with Gasteiger partial charge in [0.05, 0.1) is 16.7 Å². The second-order valence-electron chi connectivity index (χ2n) is 3.91. The molecule has 1 aromatic carbocycles. The average Bonchev–Trinajstić information content (AvgIpc) is 2.23. The number of amides is 1. The molecule has 0 spiro atoms. The molecule has 1 aromatic rings. The number of anilines is 1. The van der Waals surface area contributed by atoms with E-state index in [1.54, 1.807) is 0 Å². The Bertz CT molecular complexity index is 398. The minimum atomic E-state index is -0.587. The number of carbonyl (C=O) groups is 1. The third-order valence-corrected chi connectivity index (χ3v) is 2.39. The number of ether oxygens (including phenoxy) is 1. The molecular weight excluding hydrogens is 265 g/mol. The first kappa shape index (κ1) is 13.9. The molecule has 17 heavy (non-hydrogen) atoms. The molecule has 0 aliphatic rings. The number of aromatic hydroxyl groups is 1. The Kier molecular flexibility index (Phi) is 4.90. The van der Waals surface area contributed by atoms with Crippen molar-refractivity contribution in [3.05, 3.63) is 22.2 Å². The Morgan fingerprint density at radius 1 is 1.41 bits per heavy atom. The Morgan fingerprint density at radius 3 is 2.41 bits per heavy atom. The van der Waals surface area contributed by atoms with Gasteiger partial charge in [-0.05, 0) is 18.1 Å². The van der Waals surface area contributed by atoms with Crippen LogP contribution in [0.4, 0.5) is 10.5 Å². The molecule has 6 heteroatoms. The number of rotatable bonds is 3. The standard InChI is InChI=1S/C11H13Cl2NO3/c1-6(2)5-17-11(16)14-7-3-8(12)10(15)9(13)4-7/h3-4,6,15H,5H2,1-2H3,(H,14,16). The summed E-state index contributed by atoms with van der Waals surface area (Å²) >= 11 is 11.4. The molecule has 1 rings (SSSR count). The van der Waals surface area contributed by atoms with Crippen molar-refractivity contribution in [3.63, 3.8) is 0 Å². The highest BCUT2D eigenvalue weighted by Crippen LogP contribution is 2.34. The molecule has 0 radical (unpaired) electrons. The van der Waals surface area contributed by atoms with E-state index in [0.717, 1.165) is 0 Å². The lowest BCUT2D eigenvalue weighted by atomic mass is 10.2. The second-order valence-corrected chi connectivity index (χ2v) is 4.72. The largest absolute Gasteiger partial charge is 0.505 e. The van der Waals surface area contributed by atoms with E-state index < -0.39 is 6.09 Å². The summed E-state index contributed by atoms with van der Waals surface area (Å²) in [6, 6.07) is 2.78. The van der Waals surface area contributed by atoms with Gasteiger partial charge in [0.2, 0.25) is 0 Å². The smallest absolute Gasteiger partial charge is 0.411 e. The number of phenolic OH excluding ortho intramolecular Hbond substituents is 1. The van der Waals surface area contributed by atoms with Crippen LogP contribution < -0.4 is 5.32 Å². The summed E-state index contributed by atoms with van der Waals surface area (Å²) in [5, 5.41) is 11.9. The van der Waals surface area contributed by atoms with Crippen molar-refractivity contribution in [2.45, 2.75) is 13.8 Å². The monoisotopic (exact) mass is 277 g/mol. The van der Waals surface area contributed by atoms with E-state index in [4.69, 9.17) is 27.9 Å². The average molecular weight is 278 g/mol. The van der Waals surface area contributed by atoms with Crippen molar-refractivity contribution >= 4 is 35.0 Å². The van der Waals surface area contributed by atoms with Crippen LogP contribution in [0.1, 0.15) is 13.8 Å². The van der Waals surface area contributed by atoms with E-state index in [2.05, 4.69) is 5.32 Å². The van der Waals surface area contributed by atoms with Gasteiger partial charge in [-0.1, -0.05) is 37.0 Å². The SMILES string of the molecule is CC(C)COC(=O)Nc1cc(Cl)c(O)c(Cl)c1. The Balaban J connectivity index is 2.66. The van der Waals surface area contributed by atoms with Gasteiger partial charge >= 0.3 is 6.09 Å². The predicted molar refractivity (Wildman–Crippen MR) is 67.9 cm³/mol. The lowest BCUT2D eigenvalue weighted by Gasteiger charge is -2.10. The zero-order chi connectivity index (χ0) is 13.0. The van der Waals surface area contributed by atoms with Gasteiger partial charge in [-0.3, -0.25) is 5.32 Å². The van der Waals surface area contributed by atoms with Crippen LogP contribution in [0.2, 0.25) is 10.0 Å². The number of hydrogen-bond donors (Lipinski definition) is 2. The summed E-state index contributed by atoms with van der Waals surface area (Å²) in [7, 11) is 0. The van der Waals surface area contributed by atoms with Gasteiger partial charge in [0.15, 0.2) is 5.75 Å². The summed E-state index contributed by atoms with van der Waals surface area (Å²) in [6.45, 7) is 4.19. The zero-order valence-electron chi connectivity index (χ0n) is 9.46. The van der Waals surface area contributed by atoms with Crippen LogP contribution in [-0.4, -0.2) is 17.8 Å². The first-order valence-corrected chi connectivity index (χ1v) is 5.77. The van der Waals surface area contributed by atoms with E-state index >= 15 is 0 Å². The molecule has 0 aliphatic heterocycles. The minimum Gasteiger partial charge on any atom is -0.505 e. The highest BCUT2D eigenvalue weighted by molar-refractivity contribution is 6.37. The van der Waals surface area contributed by atoms with Crippen molar-refractivity contribution in [2.24, 2.45) is 5.92 Å². The number of benzene rings is 1. The van der Waals surface area contributed by atoms with Gasteiger partial charge in [0, 0.05) is 5.69 Å². The number of phenols is 1. The van der Waals surface area contributed by atoms with Crippen molar-refractivity contribution < 1.29 is 14.6 Å². The molecule has 0 atom stereocenters. The normalized spacial score (nSPS) is 10.4. The third kappa shape index (κ3) is 4.32. The van der Waals surface area contributed by atoms with Crippen molar-refractivity contribution in [1.29, 1.82) is 0 Å². The molecule has 4 nitrogen and oxygen atoms in total. The van der Waals surface area contributed by atoms with Gasteiger partial charge in [0.25, 0.3) is 0 Å². The molecule has 0 aliphatic carbocycles. The second kappa shape index (κ2) is 5.98. The molecule has 0 bridgehead atoms. The van der Waals surface area contributed by atoms with E-state index in [1.165, 1.54) is 12.1 Å². The summed E-state index contributed by atoms with van der Waals surface area (Å²) in [6.07, 6.45) is -0.587. The number of hydrogen-bond acceptors (Lipinski definition) is 3. The maximum Gasteiger partial charge on any atom is 0.411 e. The van der Waals surface area contributed by atoms with E-state index in [1.807, 2.05) is 13.8 Å². The van der Waals surface area contributed by atoms with Gasteiger partial charge < -0.3 is 9.84 Å². The Labute approximate surface area is 109 Å². The van der Waals surface area contributed by atoms with Crippen LogP contribution in [0.3, 0.4) is 0 Å². The first-order chi connectivity index (χ1) is 7.90. The van der Waals surface area contributed by atoms with E-state index in [9.17, 15) is 9.90 Å². The van der Waals surface area contributed by atoms with Crippen LogP contribution in [0.25, 0.3) is 0 Å². The molecule has 0 unspecified atom stereocenters. The fourth-order valence-electron chi connectivity index (χ4n) is 1.03. The van der Waals surface area contributed by atoms with Crippen molar-refractivity contribution in [3.8, 4) is 5.75 Å². The number of nitrogens with one attached hydrogen (secondary N) is 1. The molecule has 0 saturated heterocycles. The first-order valence-electron chi connectivity index (χ1n) is 5.02. The molecule has 0 fully saturated rings. The summed E-state index contributed by atoms with van der Waals surface area (Å²) in [4.78, 5) is 11.3. The third-order valence-electron chi connectivity index (χ3n) is 1.81.